The first-order valence-electron chi connectivity index (χ1n) is 9.21. The number of fused-ring (bicyclic) bond motifs is 1. The Morgan fingerprint density at radius 3 is 2.53 bits per heavy atom. The largest absolute Gasteiger partial charge is 0.480 e. The van der Waals surface area contributed by atoms with Crippen LogP contribution in [0.1, 0.15) is 15.9 Å². The molecular formula is C22H15ClFN3O4S. The molecule has 10 heteroatoms. The molecule has 0 aliphatic carbocycles. The lowest BCUT2D eigenvalue weighted by molar-refractivity contribution is 0.103. The van der Waals surface area contributed by atoms with Crippen LogP contribution in [-0.4, -0.2) is 31.3 Å². The summed E-state index contributed by atoms with van der Waals surface area (Å²) in [5, 5.41) is -0.355. The SMILES string of the molecule is COc1cnc2ccc(C(=O)c3c(F)ccc(NS(=O)(=O)c4ccccc4)c3Cl)cc2n1. The van der Waals surface area contributed by atoms with Gasteiger partial charge >= 0.3 is 0 Å². The van der Waals surface area contributed by atoms with Crippen LogP contribution in [0.4, 0.5) is 10.1 Å². The zero-order valence-electron chi connectivity index (χ0n) is 16.5. The van der Waals surface area contributed by atoms with Gasteiger partial charge in [0.1, 0.15) is 5.82 Å². The number of methoxy groups -OCH3 is 1. The molecule has 0 unspecified atom stereocenters. The van der Waals surface area contributed by atoms with Crippen molar-refractivity contribution in [1.82, 2.24) is 9.97 Å². The van der Waals surface area contributed by atoms with E-state index in [1.54, 1.807) is 24.3 Å². The molecule has 32 heavy (non-hydrogen) atoms. The van der Waals surface area contributed by atoms with E-state index in [0.29, 0.717) is 11.0 Å². The molecule has 0 saturated carbocycles. The van der Waals surface area contributed by atoms with E-state index < -0.39 is 27.2 Å². The minimum absolute atomic E-state index is 0.00433. The third kappa shape index (κ3) is 4.12. The van der Waals surface area contributed by atoms with Gasteiger partial charge in [-0.3, -0.25) is 9.52 Å². The highest BCUT2D eigenvalue weighted by atomic mass is 35.5. The number of ether oxygens (including phenoxy) is 1. The average molecular weight is 472 g/mol. The molecule has 3 aromatic carbocycles. The van der Waals surface area contributed by atoms with Crippen LogP contribution in [0.3, 0.4) is 0 Å². The third-order valence-corrected chi connectivity index (χ3v) is 6.38. The smallest absolute Gasteiger partial charge is 0.261 e. The monoisotopic (exact) mass is 471 g/mol. The van der Waals surface area contributed by atoms with Gasteiger partial charge in [0.2, 0.25) is 5.88 Å². The Morgan fingerprint density at radius 1 is 1.06 bits per heavy atom. The molecule has 0 spiro atoms. The van der Waals surface area contributed by atoms with Crippen molar-refractivity contribution < 1.29 is 22.3 Å². The maximum absolute atomic E-state index is 14.6. The standard InChI is InChI=1S/C22H15ClFN3O4S/c1-31-19-12-25-16-9-7-13(11-18(16)26-19)22(28)20-15(24)8-10-17(21(20)23)27-32(29,30)14-5-3-2-4-6-14/h2-12,27H,1H3. The minimum atomic E-state index is -3.99. The predicted molar refractivity (Wildman–Crippen MR) is 118 cm³/mol. The Balaban J connectivity index is 1.74. The van der Waals surface area contributed by atoms with Gasteiger partial charge in [-0.1, -0.05) is 29.8 Å². The van der Waals surface area contributed by atoms with Gasteiger partial charge in [0.25, 0.3) is 10.0 Å². The van der Waals surface area contributed by atoms with E-state index in [2.05, 4.69) is 14.7 Å². The Morgan fingerprint density at radius 2 is 1.81 bits per heavy atom. The predicted octanol–water partition coefficient (Wildman–Crippen LogP) is 4.46. The Kier molecular flexibility index (Phi) is 5.77. The van der Waals surface area contributed by atoms with Crippen molar-refractivity contribution in [2.24, 2.45) is 0 Å². The molecule has 162 valence electrons. The molecule has 1 heterocycles. The molecular weight excluding hydrogens is 457 g/mol. The van der Waals surface area contributed by atoms with Crippen molar-refractivity contribution in [1.29, 1.82) is 0 Å². The summed E-state index contributed by atoms with van der Waals surface area (Å²) < 4.78 is 47.2. The van der Waals surface area contributed by atoms with Crippen LogP contribution in [-0.2, 0) is 10.0 Å². The van der Waals surface area contributed by atoms with Crippen molar-refractivity contribution in [3.8, 4) is 5.88 Å². The van der Waals surface area contributed by atoms with E-state index in [1.165, 1.54) is 37.6 Å². The second-order valence-electron chi connectivity index (χ2n) is 6.65. The summed E-state index contributed by atoms with van der Waals surface area (Å²) in [6, 6.07) is 14.2. The van der Waals surface area contributed by atoms with Crippen LogP contribution in [0, 0.1) is 5.82 Å². The summed E-state index contributed by atoms with van der Waals surface area (Å²) in [6.07, 6.45) is 1.43. The lowest BCUT2D eigenvalue weighted by atomic mass is 10.0. The molecule has 0 amide bonds. The van der Waals surface area contributed by atoms with Crippen LogP contribution in [0.5, 0.6) is 5.88 Å². The lowest BCUT2D eigenvalue weighted by Crippen LogP contribution is -2.15. The fourth-order valence-electron chi connectivity index (χ4n) is 3.02. The number of nitrogens with one attached hydrogen (secondary N) is 1. The zero-order chi connectivity index (χ0) is 22.9. The number of anilines is 1. The van der Waals surface area contributed by atoms with Crippen LogP contribution in [0.25, 0.3) is 11.0 Å². The molecule has 0 saturated heterocycles. The highest BCUT2D eigenvalue weighted by molar-refractivity contribution is 7.92. The van der Waals surface area contributed by atoms with Crippen molar-refractivity contribution in [3.05, 3.63) is 88.8 Å². The molecule has 0 atom stereocenters. The number of benzene rings is 3. The zero-order valence-corrected chi connectivity index (χ0v) is 18.1. The van der Waals surface area contributed by atoms with E-state index in [-0.39, 0.29) is 27.0 Å². The quantitative estimate of drug-likeness (QED) is 0.417. The first-order chi connectivity index (χ1) is 15.3. The molecule has 0 aliphatic heterocycles. The first-order valence-corrected chi connectivity index (χ1v) is 11.1. The number of hydrogen-bond acceptors (Lipinski definition) is 6. The van der Waals surface area contributed by atoms with Gasteiger partial charge in [0.05, 0.1) is 45.5 Å². The molecule has 4 aromatic rings. The van der Waals surface area contributed by atoms with E-state index >= 15 is 0 Å². The van der Waals surface area contributed by atoms with Gasteiger partial charge < -0.3 is 4.74 Å². The lowest BCUT2D eigenvalue weighted by Gasteiger charge is -2.13. The highest BCUT2D eigenvalue weighted by Gasteiger charge is 2.23. The highest BCUT2D eigenvalue weighted by Crippen LogP contribution is 2.32. The summed E-state index contributed by atoms with van der Waals surface area (Å²) in [4.78, 5) is 21.5. The Hall–Kier alpha value is -3.56. The third-order valence-electron chi connectivity index (χ3n) is 4.61. The van der Waals surface area contributed by atoms with Crippen LogP contribution >= 0.6 is 11.6 Å². The molecule has 4 rings (SSSR count). The number of halogens is 2. The number of carbonyl (C=O) groups is 1. The molecule has 0 fully saturated rings. The van der Waals surface area contributed by atoms with Crippen LogP contribution < -0.4 is 9.46 Å². The van der Waals surface area contributed by atoms with Crippen molar-refractivity contribution in [2.75, 3.05) is 11.8 Å². The van der Waals surface area contributed by atoms with E-state index in [1.807, 2.05) is 0 Å². The van der Waals surface area contributed by atoms with Crippen molar-refractivity contribution >= 4 is 44.1 Å². The number of rotatable bonds is 6. The summed E-state index contributed by atoms with van der Waals surface area (Å²) in [7, 11) is -2.56. The summed E-state index contributed by atoms with van der Waals surface area (Å²) in [5.74, 6) is -1.37. The number of nitrogens with zero attached hydrogens (tertiary/aromatic N) is 2. The van der Waals surface area contributed by atoms with Gasteiger partial charge in [-0.2, -0.15) is 0 Å². The molecule has 7 nitrogen and oxygen atoms in total. The first kappa shape index (κ1) is 21.7. The fraction of sp³-hybridized carbons (Fsp3) is 0.0455. The van der Waals surface area contributed by atoms with Gasteiger partial charge in [-0.05, 0) is 42.5 Å². The number of sulfonamides is 1. The average Bonchev–Trinajstić information content (AvgIpc) is 2.80. The van der Waals surface area contributed by atoms with Gasteiger partial charge in [-0.15, -0.1) is 0 Å². The molecule has 1 aromatic heterocycles. The number of carbonyl (C=O) groups excluding carboxylic acids is 1. The van der Waals surface area contributed by atoms with Crippen LogP contribution in [0.2, 0.25) is 5.02 Å². The normalized spacial score (nSPS) is 11.3. The number of hydrogen-bond donors (Lipinski definition) is 1. The molecule has 1 N–H and O–H groups in total. The van der Waals surface area contributed by atoms with E-state index in [9.17, 15) is 17.6 Å². The second kappa shape index (κ2) is 8.52. The minimum Gasteiger partial charge on any atom is -0.480 e. The summed E-state index contributed by atoms with van der Waals surface area (Å²) >= 11 is 6.28. The second-order valence-corrected chi connectivity index (χ2v) is 8.71. The Labute approximate surface area is 187 Å². The van der Waals surface area contributed by atoms with Gasteiger partial charge in [-0.25, -0.2) is 22.8 Å². The molecule has 0 bridgehead atoms. The topological polar surface area (TPSA) is 98.2 Å². The van der Waals surface area contributed by atoms with Gasteiger partial charge in [0.15, 0.2) is 5.78 Å². The van der Waals surface area contributed by atoms with Gasteiger partial charge in [0, 0.05) is 5.56 Å². The van der Waals surface area contributed by atoms with E-state index in [0.717, 1.165) is 12.1 Å². The van der Waals surface area contributed by atoms with Crippen LogP contribution in [0.15, 0.2) is 71.8 Å². The fourth-order valence-corrected chi connectivity index (χ4v) is 4.46. The number of aromatic nitrogens is 2. The van der Waals surface area contributed by atoms with Crippen molar-refractivity contribution in [2.45, 2.75) is 4.90 Å². The maximum atomic E-state index is 14.6. The van der Waals surface area contributed by atoms with E-state index in [4.69, 9.17) is 16.3 Å². The molecule has 0 aliphatic rings. The Bertz CT molecular complexity index is 1450. The summed E-state index contributed by atoms with van der Waals surface area (Å²) in [6.45, 7) is 0. The van der Waals surface area contributed by atoms with Crippen molar-refractivity contribution in [3.63, 3.8) is 0 Å². The molecule has 0 radical (unpaired) electrons. The maximum Gasteiger partial charge on any atom is 0.261 e. The number of ketones is 1. The summed E-state index contributed by atoms with van der Waals surface area (Å²) in [5.41, 5.74) is 0.396.